The van der Waals surface area contributed by atoms with Crippen molar-refractivity contribution in [1.29, 1.82) is 0 Å². The van der Waals surface area contributed by atoms with Crippen LogP contribution in [0.5, 0.6) is 0 Å². The van der Waals surface area contributed by atoms with Gasteiger partial charge in [0.1, 0.15) is 0 Å². The first-order valence-electron chi connectivity index (χ1n) is 8.77. The fraction of sp³-hybridized carbons (Fsp3) is 0.200. The molecule has 0 bridgehead atoms. The number of aryl methyl sites for hydroxylation is 1. The number of halogens is 1. The number of hydrogen-bond donors (Lipinski definition) is 1. The molecule has 3 rings (SSSR count). The van der Waals surface area contributed by atoms with Gasteiger partial charge in [0.15, 0.2) is 11.0 Å². The summed E-state index contributed by atoms with van der Waals surface area (Å²) in [6.45, 7) is 4.73. The number of hydrazone groups is 1. The van der Waals surface area contributed by atoms with E-state index in [2.05, 4.69) is 20.7 Å². The van der Waals surface area contributed by atoms with Crippen LogP contribution in [-0.4, -0.2) is 32.6 Å². The van der Waals surface area contributed by atoms with Crippen molar-refractivity contribution in [2.45, 2.75) is 25.5 Å². The molecule has 1 amide bonds. The number of rotatable bonds is 7. The Morgan fingerprint density at radius 1 is 1.18 bits per heavy atom. The molecule has 0 saturated heterocycles. The van der Waals surface area contributed by atoms with Gasteiger partial charge in [0, 0.05) is 17.1 Å². The van der Waals surface area contributed by atoms with E-state index < -0.39 is 0 Å². The number of amides is 1. The highest BCUT2D eigenvalue weighted by atomic mass is 35.5. The minimum atomic E-state index is -0.202. The Balaban J connectivity index is 1.58. The SMILES string of the molecule is CCn1c(SCC(=O)N/N=C\c2ccc(C)cc2)nnc1-c1ccc(Cl)cc1. The van der Waals surface area contributed by atoms with Gasteiger partial charge in [0.2, 0.25) is 0 Å². The second-order valence-corrected chi connectivity index (χ2v) is 7.43. The minimum absolute atomic E-state index is 0.198. The Morgan fingerprint density at radius 2 is 1.89 bits per heavy atom. The average Bonchev–Trinajstić information content (AvgIpc) is 3.11. The molecule has 0 aliphatic rings. The molecule has 0 aliphatic carbocycles. The predicted octanol–water partition coefficient (Wildman–Crippen LogP) is 4.17. The van der Waals surface area contributed by atoms with Gasteiger partial charge in [-0.05, 0) is 43.7 Å². The molecule has 0 radical (unpaired) electrons. The van der Waals surface area contributed by atoms with Crippen LogP contribution in [0.3, 0.4) is 0 Å². The number of nitrogens with zero attached hydrogens (tertiary/aromatic N) is 4. The number of benzene rings is 2. The van der Waals surface area contributed by atoms with Crippen LogP contribution in [0.25, 0.3) is 11.4 Å². The van der Waals surface area contributed by atoms with E-state index >= 15 is 0 Å². The van der Waals surface area contributed by atoms with E-state index in [-0.39, 0.29) is 11.7 Å². The van der Waals surface area contributed by atoms with E-state index in [1.165, 1.54) is 17.3 Å². The summed E-state index contributed by atoms with van der Waals surface area (Å²) in [4.78, 5) is 12.1. The van der Waals surface area contributed by atoms with Crippen molar-refractivity contribution in [3.8, 4) is 11.4 Å². The zero-order chi connectivity index (χ0) is 19.9. The van der Waals surface area contributed by atoms with Gasteiger partial charge in [-0.25, -0.2) is 5.43 Å². The lowest BCUT2D eigenvalue weighted by Crippen LogP contribution is -2.20. The summed E-state index contributed by atoms with van der Waals surface area (Å²) in [5, 5.41) is 13.8. The number of aromatic nitrogens is 3. The van der Waals surface area contributed by atoms with Crippen LogP contribution in [0, 0.1) is 6.92 Å². The molecule has 0 fully saturated rings. The molecule has 6 nitrogen and oxygen atoms in total. The highest BCUT2D eigenvalue weighted by Crippen LogP contribution is 2.24. The zero-order valence-electron chi connectivity index (χ0n) is 15.6. The van der Waals surface area contributed by atoms with Crippen LogP contribution in [0.1, 0.15) is 18.1 Å². The van der Waals surface area contributed by atoms with E-state index in [0.29, 0.717) is 16.7 Å². The molecule has 0 unspecified atom stereocenters. The lowest BCUT2D eigenvalue weighted by molar-refractivity contribution is -0.118. The maximum absolute atomic E-state index is 12.1. The molecule has 2 aromatic carbocycles. The van der Waals surface area contributed by atoms with Crippen molar-refractivity contribution in [2.24, 2.45) is 5.10 Å². The maximum Gasteiger partial charge on any atom is 0.250 e. The Morgan fingerprint density at radius 3 is 2.57 bits per heavy atom. The van der Waals surface area contributed by atoms with Gasteiger partial charge in [-0.1, -0.05) is 53.2 Å². The normalized spacial score (nSPS) is 11.1. The maximum atomic E-state index is 12.1. The molecule has 28 heavy (non-hydrogen) atoms. The van der Waals surface area contributed by atoms with E-state index in [4.69, 9.17) is 11.6 Å². The van der Waals surface area contributed by atoms with Crippen molar-refractivity contribution >= 4 is 35.5 Å². The standard InChI is InChI=1S/C20H20ClN5OS/c1-3-26-19(16-8-10-17(21)11-9-16)24-25-20(26)28-13-18(27)23-22-12-15-6-4-14(2)5-7-15/h4-12H,3,13H2,1-2H3,(H,23,27)/b22-12-. The lowest BCUT2D eigenvalue weighted by Gasteiger charge is -2.07. The second kappa shape index (κ2) is 9.52. The Labute approximate surface area is 173 Å². The van der Waals surface area contributed by atoms with Crippen molar-refractivity contribution in [1.82, 2.24) is 20.2 Å². The molecular weight excluding hydrogens is 394 g/mol. The van der Waals surface area contributed by atoms with Crippen LogP contribution < -0.4 is 5.43 Å². The van der Waals surface area contributed by atoms with E-state index in [9.17, 15) is 4.79 Å². The first-order valence-corrected chi connectivity index (χ1v) is 10.1. The van der Waals surface area contributed by atoms with Crippen molar-refractivity contribution in [3.63, 3.8) is 0 Å². The fourth-order valence-corrected chi connectivity index (χ4v) is 3.41. The number of nitrogens with one attached hydrogen (secondary N) is 1. The van der Waals surface area contributed by atoms with E-state index in [1.807, 2.05) is 66.9 Å². The third-order valence-corrected chi connectivity index (χ3v) is 5.17. The first-order chi connectivity index (χ1) is 13.6. The molecule has 0 spiro atoms. The topological polar surface area (TPSA) is 72.2 Å². The van der Waals surface area contributed by atoms with Crippen LogP contribution in [-0.2, 0) is 11.3 Å². The summed E-state index contributed by atoms with van der Waals surface area (Å²) in [5.74, 6) is 0.746. The first kappa shape index (κ1) is 20.1. The lowest BCUT2D eigenvalue weighted by atomic mass is 10.2. The number of carbonyl (C=O) groups excluding carboxylic acids is 1. The van der Waals surface area contributed by atoms with Gasteiger partial charge < -0.3 is 4.57 Å². The molecule has 1 N–H and O–H groups in total. The molecule has 0 atom stereocenters. The molecule has 3 aromatic rings. The number of thioether (sulfide) groups is 1. The van der Waals surface area contributed by atoms with Gasteiger partial charge in [0.25, 0.3) is 5.91 Å². The molecule has 1 aromatic heterocycles. The van der Waals surface area contributed by atoms with Crippen LogP contribution in [0.4, 0.5) is 0 Å². The summed E-state index contributed by atoms with van der Waals surface area (Å²) in [5.41, 5.74) is 5.57. The van der Waals surface area contributed by atoms with E-state index in [0.717, 1.165) is 17.0 Å². The third-order valence-electron chi connectivity index (χ3n) is 3.95. The summed E-state index contributed by atoms with van der Waals surface area (Å²) in [7, 11) is 0. The van der Waals surface area contributed by atoms with Gasteiger partial charge in [-0.15, -0.1) is 10.2 Å². The Kier molecular flexibility index (Phi) is 6.84. The molecule has 0 saturated carbocycles. The monoisotopic (exact) mass is 413 g/mol. The zero-order valence-corrected chi connectivity index (χ0v) is 17.2. The summed E-state index contributed by atoms with van der Waals surface area (Å²) >= 11 is 7.27. The summed E-state index contributed by atoms with van der Waals surface area (Å²) < 4.78 is 1.97. The third kappa shape index (κ3) is 5.21. The van der Waals surface area contributed by atoms with Gasteiger partial charge in [-0.3, -0.25) is 4.79 Å². The average molecular weight is 414 g/mol. The molecule has 8 heteroatoms. The summed E-state index contributed by atoms with van der Waals surface area (Å²) in [6.07, 6.45) is 1.62. The molecule has 0 aliphatic heterocycles. The molecule has 144 valence electrons. The largest absolute Gasteiger partial charge is 0.302 e. The molecule has 1 heterocycles. The predicted molar refractivity (Wildman–Crippen MR) is 114 cm³/mol. The fourth-order valence-electron chi connectivity index (χ4n) is 2.49. The smallest absolute Gasteiger partial charge is 0.250 e. The van der Waals surface area contributed by atoms with Crippen molar-refractivity contribution < 1.29 is 4.79 Å². The van der Waals surface area contributed by atoms with Crippen LogP contribution in [0.2, 0.25) is 5.02 Å². The quantitative estimate of drug-likeness (QED) is 0.358. The van der Waals surface area contributed by atoms with Crippen LogP contribution in [0.15, 0.2) is 58.8 Å². The van der Waals surface area contributed by atoms with Crippen molar-refractivity contribution in [2.75, 3.05) is 5.75 Å². The minimum Gasteiger partial charge on any atom is -0.302 e. The Bertz CT molecular complexity index is 967. The van der Waals surface area contributed by atoms with Crippen LogP contribution >= 0.6 is 23.4 Å². The number of carbonyl (C=O) groups is 1. The summed E-state index contributed by atoms with van der Waals surface area (Å²) in [6, 6.07) is 15.3. The highest BCUT2D eigenvalue weighted by molar-refractivity contribution is 7.99. The van der Waals surface area contributed by atoms with Gasteiger partial charge in [0.05, 0.1) is 12.0 Å². The van der Waals surface area contributed by atoms with Crippen molar-refractivity contribution in [3.05, 3.63) is 64.7 Å². The van der Waals surface area contributed by atoms with E-state index in [1.54, 1.807) is 6.21 Å². The van der Waals surface area contributed by atoms with Gasteiger partial charge in [-0.2, -0.15) is 5.10 Å². The highest BCUT2D eigenvalue weighted by Gasteiger charge is 2.14. The number of hydrogen-bond acceptors (Lipinski definition) is 5. The van der Waals surface area contributed by atoms with Gasteiger partial charge >= 0.3 is 0 Å². The molecular formula is C20H20ClN5OS. The Hall–Kier alpha value is -2.64. The second-order valence-electron chi connectivity index (χ2n) is 6.05.